The summed E-state index contributed by atoms with van der Waals surface area (Å²) in [5, 5.41) is 1.33. The second-order valence-electron chi connectivity index (χ2n) is 2.66. The molecule has 2 rings (SSSR count). The molecule has 0 spiro atoms. The first kappa shape index (κ1) is 6.47. The third-order valence-electron chi connectivity index (χ3n) is 1.88. The molecule has 10 heavy (non-hydrogen) atoms. The van der Waals surface area contributed by atoms with Crippen LogP contribution >= 0.6 is 11.8 Å². The highest BCUT2D eigenvalue weighted by molar-refractivity contribution is 8.14. The van der Waals surface area contributed by atoms with E-state index in [0.717, 1.165) is 6.54 Å². The number of nitrogens with zero attached hydrogens (tertiary/aromatic N) is 1. The topological polar surface area (TPSA) is 12.4 Å². The highest BCUT2D eigenvalue weighted by Gasteiger charge is 2.14. The van der Waals surface area contributed by atoms with E-state index in [1.807, 2.05) is 11.8 Å². The Balaban J connectivity index is 2.19. The lowest BCUT2D eigenvalue weighted by Crippen LogP contribution is -2.10. The fraction of sp³-hybridized carbons (Fsp3) is 0.625. The van der Waals surface area contributed by atoms with Crippen LogP contribution in [-0.2, 0) is 0 Å². The van der Waals surface area contributed by atoms with E-state index >= 15 is 0 Å². The third-order valence-corrected chi connectivity index (χ3v) is 3.04. The summed E-state index contributed by atoms with van der Waals surface area (Å²) in [4.78, 5) is 4.46. The highest BCUT2D eigenvalue weighted by Crippen LogP contribution is 2.27. The Morgan fingerprint density at radius 3 is 3.40 bits per heavy atom. The molecule has 2 aliphatic heterocycles. The summed E-state index contributed by atoms with van der Waals surface area (Å²) >= 11 is 1.93. The van der Waals surface area contributed by atoms with Gasteiger partial charge in [-0.2, -0.15) is 0 Å². The van der Waals surface area contributed by atoms with E-state index in [9.17, 15) is 0 Å². The van der Waals surface area contributed by atoms with Gasteiger partial charge in [0.15, 0.2) is 0 Å². The zero-order chi connectivity index (χ0) is 6.81. The smallest absolute Gasteiger partial charge is 0.0933 e. The maximum atomic E-state index is 4.46. The summed E-state index contributed by atoms with van der Waals surface area (Å²) in [5.41, 5.74) is 1.52. The molecule has 1 nitrogen and oxygen atoms in total. The van der Waals surface area contributed by atoms with E-state index in [4.69, 9.17) is 0 Å². The van der Waals surface area contributed by atoms with E-state index in [2.05, 4.69) is 11.1 Å². The lowest BCUT2D eigenvalue weighted by molar-refractivity contribution is 0.898. The zero-order valence-electron chi connectivity index (χ0n) is 5.97. The van der Waals surface area contributed by atoms with Gasteiger partial charge < -0.3 is 0 Å². The molecule has 2 aliphatic rings. The summed E-state index contributed by atoms with van der Waals surface area (Å²) in [6, 6.07) is 0. The van der Waals surface area contributed by atoms with Crippen LogP contribution in [0.4, 0.5) is 0 Å². The van der Waals surface area contributed by atoms with Gasteiger partial charge in [-0.25, -0.2) is 0 Å². The summed E-state index contributed by atoms with van der Waals surface area (Å²) in [7, 11) is 0. The summed E-state index contributed by atoms with van der Waals surface area (Å²) < 4.78 is 0. The van der Waals surface area contributed by atoms with Crippen LogP contribution < -0.4 is 0 Å². The quantitative estimate of drug-likeness (QED) is 0.520. The monoisotopic (exact) mass is 153 g/mol. The van der Waals surface area contributed by atoms with Crippen LogP contribution in [0.15, 0.2) is 16.6 Å². The summed E-state index contributed by atoms with van der Waals surface area (Å²) in [6.07, 6.45) is 6.13. The Kier molecular flexibility index (Phi) is 1.80. The first-order valence-electron chi connectivity index (χ1n) is 3.83. The van der Waals surface area contributed by atoms with Crippen LogP contribution in [0.1, 0.15) is 19.3 Å². The van der Waals surface area contributed by atoms with Crippen molar-refractivity contribution in [3.05, 3.63) is 11.6 Å². The van der Waals surface area contributed by atoms with Gasteiger partial charge in [0.2, 0.25) is 0 Å². The van der Waals surface area contributed by atoms with E-state index in [-0.39, 0.29) is 0 Å². The van der Waals surface area contributed by atoms with Crippen molar-refractivity contribution in [2.24, 2.45) is 4.99 Å². The Hall–Kier alpha value is -0.240. The number of rotatable bonds is 0. The van der Waals surface area contributed by atoms with E-state index in [1.54, 1.807) is 0 Å². The van der Waals surface area contributed by atoms with Crippen molar-refractivity contribution in [2.45, 2.75) is 19.3 Å². The van der Waals surface area contributed by atoms with Gasteiger partial charge in [0.1, 0.15) is 0 Å². The molecule has 0 saturated carbocycles. The van der Waals surface area contributed by atoms with Gasteiger partial charge in [-0.15, -0.1) is 11.8 Å². The Bertz CT molecular complexity index is 171. The molecule has 0 N–H and O–H groups in total. The number of fused-ring (bicyclic) bond motifs is 1. The van der Waals surface area contributed by atoms with Crippen molar-refractivity contribution in [1.82, 2.24) is 0 Å². The van der Waals surface area contributed by atoms with E-state index in [0.29, 0.717) is 0 Å². The molecule has 1 saturated heterocycles. The first-order chi connectivity index (χ1) is 4.97. The fourth-order valence-corrected chi connectivity index (χ4v) is 2.41. The molecule has 0 bridgehead atoms. The standard InChI is InChI=1S/C8H11NS/c1-3-7-4-2-6-10-8(7)9-5-1/h3H,1-2,4-6H2. The van der Waals surface area contributed by atoms with Crippen LogP contribution in [-0.4, -0.2) is 17.3 Å². The minimum Gasteiger partial charge on any atom is -0.278 e. The van der Waals surface area contributed by atoms with Crippen LogP contribution in [0.5, 0.6) is 0 Å². The molecule has 2 heteroatoms. The van der Waals surface area contributed by atoms with Crippen molar-refractivity contribution in [3.63, 3.8) is 0 Å². The predicted molar refractivity (Wildman–Crippen MR) is 46.7 cm³/mol. The molecule has 0 aromatic carbocycles. The minimum atomic E-state index is 1.02. The second-order valence-corrected chi connectivity index (χ2v) is 3.74. The second kappa shape index (κ2) is 2.79. The van der Waals surface area contributed by atoms with E-state index in [1.165, 1.54) is 35.6 Å². The molecule has 2 heterocycles. The molecule has 0 amide bonds. The lowest BCUT2D eigenvalue weighted by atomic mass is 10.1. The van der Waals surface area contributed by atoms with E-state index < -0.39 is 0 Å². The van der Waals surface area contributed by atoms with Gasteiger partial charge in [0.25, 0.3) is 0 Å². The molecule has 54 valence electrons. The number of aliphatic imine (C=N–C) groups is 1. The molecule has 0 unspecified atom stereocenters. The molecule has 0 aliphatic carbocycles. The van der Waals surface area contributed by atoms with Crippen molar-refractivity contribution in [1.29, 1.82) is 0 Å². The van der Waals surface area contributed by atoms with Gasteiger partial charge in [0.05, 0.1) is 5.04 Å². The number of hydrogen-bond acceptors (Lipinski definition) is 2. The Morgan fingerprint density at radius 2 is 2.50 bits per heavy atom. The average Bonchev–Trinajstić information content (AvgIpc) is 2.05. The minimum absolute atomic E-state index is 1.02. The number of thioether (sulfide) groups is 1. The van der Waals surface area contributed by atoms with Crippen LogP contribution in [0, 0.1) is 0 Å². The largest absolute Gasteiger partial charge is 0.278 e. The Labute approximate surface area is 65.6 Å². The molecule has 1 fully saturated rings. The normalized spacial score (nSPS) is 24.8. The number of hydrogen-bond donors (Lipinski definition) is 0. The summed E-state index contributed by atoms with van der Waals surface area (Å²) in [6.45, 7) is 1.02. The molecule has 0 aromatic rings. The van der Waals surface area contributed by atoms with Gasteiger partial charge >= 0.3 is 0 Å². The van der Waals surface area contributed by atoms with Gasteiger partial charge in [-0.05, 0) is 30.6 Å². The Morgan fingerprint density at radius 1 is 1.50 bits per heavy atom. The average molecular weight is 153 g/mol. The molecule has 0 aromatic heterocycles. The van der Waals surface area contributed by atoms with Crippen LogP contribution in [0.3, 0.4) is 0 Å². The van der Waals surface area contributed by atoms with Gasteiger partial charge in [-0.3, -0.25) is 4.99 Å². The lowest BCUT2D eigenvalue weighted by Gasteiger charge is -2.18. The van der Waals surface area contributed by atoms with Gasteiger partial charge in [-0.1, -0.05) is 6.08 Å². The van der Waals surface area contributed by atoms with Crippen LogP contribution in [0.25, 0.3) is 0 Å². The molecular weight excluding hydrogens is 142 g/mol. The van der Waals surface area contributed by atoms with Crippen molar-refractivity contribution < 1.29 is 0 Å². The molecule has 0 radical (unpaired) electrons. The predicted octanol–water partition coefficient (Wildman–Crippen LogP) is 2.24. The molecule has 0 atom stereocenters. The van der Waals surface area contributed by atoms with Gasteiger partial charge in [0, 0.05) is 6.54 Å². The fourth-order valence-electron chi connectivity index (χ4n) is 1.37. The van der Waals surface area contributed by atoms with Crippen molar-refractivity contribution in [3.8, 4) is 0 Å². The summed E-state index contributed by atoms with van der Waals surface area (Å²) in [5.74, 6) is 1.27. The zero-order valence-corrected chi connectivity index (χ0v) is 6.78. The SMILES string of the molecule is C1=C2CCCSC2=NCC1. The van der Waals surface area contributed by atoms with Crippen LogP contribution in [0.2, 0.25) is 0 Å². The van der Waals surface area contributed by atoms with Crippen molar-refractivity contribution >= 4 is 16.8 Å². The third kappa shape index (κ3) is 1.12. The number of dihydropyridines is 1. The van der Waals surface area contributed by atoms with Crippen molar-refractivity contribution in [2.75, 3.05) is 12.3 Å². The maximum absolute atomic E-state index is 4.46. The highest BCUT2D eigenvalue weighted by atomic mass is 32.2. The first-order valence-corrected chi connectivity index (χ1v) is 4.82. The molecular formula is C8H11NS. The maximum Gasteiger partial charge on any atom is 0.0933 e.